The van der Waals surface area contributed by atoms with E-state index >= 15 is 0 Å². The fourth-order valence-corrected chi connectivity index (χ4v) is 1.37. The number of aromatic nitrogens is 2. The highest BCUT2D eigenvalue weighted by molar-refractivity contribution is 9.10. The van der Waals surface area contributed by atoms with E-state index < -0.39 is 0 Å². The predicted octanol–water partition coefficient (Wildman–Crippen LogP) is 1.66. The van der Waals surface area contributed by atoms with Crippen LogP contribution >= 0.6 is 15.9 Å². The molecule has 0 spiro atoms. The Bertz CT molecular complexity index is 321. The van der Waals surface area contributed by atoms with E-state index in [1.54, 1.807) is 0 Å². The van der Waals surface area contributed by atoms with Crippen molar-refractivity contribution >= 4 is 27.6 Å². The summed E-state index contributed by atoms with van der Waals surface area (Å²) in [5.74, 6) is 1.12. The molecule has 0 aliphatic rings. The summed E-state index contributed by atoms with van der Waals surface area (Å²) in [6.07, 6.45) is 1.43. The monoisotopic (exact) mass is 274 g/mol. The number of halogens is 1. The SMILES string of the molecule is CCOCC(C)Nc1ncnc(N)c1Br. The van der Waals surface area contributed by atoms with Crippen molar-refractivity contribution in [3.05, 3.63) is 10.8 Å². The highest BCUT2D eigenvalue weighted by Gasteiger charge is 2.08. The average Bonchev–Trinajstić information content (AvgIpc) is 2.22. The molecule has 3 N–H and O–H groups in total. The maximum Gasteiger partial charge on any atom is 0.146 e. The smallest absolute Gasteiger partial charge is 0.146 e. The van der Waals surface area contributed by atoms with Crippen molar-refractivity contribution in [1.29, 1.82) is 0 Å². The molecular weight excluding hydrogens is 260 g/mol. The Morgan fingerprint density at radius 2 is 2.33 bits per heavy atom. The van der Waals surface area contributed by atoms with E-state index in [-0.39, 0.29) is 6.04 Å². The number of nitrogen functional groups attached to an aromatic ring is 1. The van der Waals surface area contributed by atoms with Crippen molar-refractivity contribution in [2.45, 2.75) is 19.9 Å². The third kappa shape index (κ3) is 3.64. The minimum Gasteiger partial charge on any atom is -0.383 e. The van der Waals surface area contributed by atoms with Crippen LogP contribution in [0, 0.1) is 0 Å². The molecule has 0 bridgehead atoms. The zero-order chi connectivity index (χ0) is 11.3. The summed E-state index contributed by atoms with van der Waals surface area (Å²) in [4.78, 5) is 7.94. The average molecular weight is 275 g/mol. The van der Waals surface area contributed by atoms with Gasteiger partial charge in [-0.3, -0.25) is 0 Å². The van der Waals surface area contributed by atoms with Crippen LogP contribution in [0.3, 0.4) is 0 Å². The second-order valence-electron chi connectivity index (χ2n) is 3.13. The summed E-state index contributed by atoms with van der Waals surface area (Å²) in [5, 5.41) is 3.18. The molecule has 1 atom stereocenters. The van der Waals surface area contributed by atoms with Gasteiger partial charge in [0.1, 0.15) is 22.4 Å². The molecule has 0 aliphatic carbocycles. The molecule has 84 valence electrons. The molecule has 0 radical (unpaired) electrons. The largest absolute Gasteiger partial charge is 0.383 e. The Hall–Kier alpha value is -0.880. The zero-order valence-electron chi connectivity index (χ0n) is 8.83. The number of nitrogens with one attached hydrogen (secondary N) is 1. The van der Waals surface area contributed by atoms with Crippen molar-refractivity contribution in [3.8, 4) is 0 Å². The zero-order valence-corrected chi connectivity index (χ0v) is 10.4. The molecule has 1 aromatic heterocycles. The normalized spacial score (nSPS) is 12.5. The molecule has 6 heteroatoms. The van der Waals surface area contributed by atoms with Crippen LogP contribution in [-0.2, 0) is 4.74 Å². The second-order valence-corrected chi connectivity index (χ2v) is 3.92. The molecule has 15 heavy (non-hydrogen) atoms. The van der Waals surface area contributed by atoms with Crippen molar-refractivity contribution in [2.75, 3.05) is 24.3 Å². The minimum absolute atomic E-state index is 0.176. The number of ether oxygens (including phenoxy) is 1. The van der Waals surface area contributed by atoms with E-state index in [0.29, 0.717) is 29.3 Å². The van der Waals surface area contributed by atoms with Gasteiger partial charge in [-0.1, -0.05) is 0 Å². The Morgan fingerprint density at radius 3 is 3.00 bits per heavy atom. The van der Waals surface area contributed by atoms with Crippen LogP contribution in [0.25, 0.3) is 0 Å². The first-order valence-electron chi connectivity index (χ1n) is 4.75. The number of nitrogens with two attached hydrogens (primary N) is 1. The Kier molecular flexibility index (Phi) is 4.77. The van der Waals surface area contributed by atoms with Crippen molar-refractivity contribution in [3.63, 3.8) is 0 Å². The second kappa shape index (κ2) is 5.87. The quantitative estimate of drug-likeness (QED) is 0.855. The van der Waals surface area contributed by atoms with Gasteiger partial charge in [0.25, 0.3) is 0 Å². The number of hydrogen-bond donors (Lipinski definition) is 2. The van der Waals surface area contributed by atoms with Gasteiger partial charge in [-0.25, -0.2) is 9.97 Å². The summed E-state index contributed by atoms with van der Waals surface area (Å²) in [7, 11) is 0. The van der Waals surface area contributed by atoms with E-state index in [1.165, 1.54) is 6.33 Å². The summed E-state index contributed by atoms with van der Waals surface area (Å²) >= 11 is 3.32. The molecule has 0 aliphatic heterocycles. The molecular formula is C9H15BrN4O. The molecule has 0 saturated heterocycles. The molecule has 0 amide bonds. The fraction of sp³-hybridized carbons (Fsp3) is 0.556. The topological polar surface area (TPSA) is 73.1 Å². The van der Waals surface area contributed by atoms with Crippen LogP contribution in [-0.4, -0.2) is 29.2 Å². The lowest BCUT2D eigenvalue weighted by Crippen LogP contribution is -2.22. The first kappa shape index (κ1) is 12.2. The first-order valence-corrected chi connectivity index (χ1v) is 5.54. The van der Waals surface area contributed by atoms with Crippen LogP contribution in [0.1, 0.15) is 13.8 Å². The predicted molar refractivity (Wildman–Crippen MR) is 63.7 cm³/mol. The van der Waals surface area contributed by atoms with Gasteiger partial charge in [0.2, 0.25) is 0 Å². The fourth-order valence-electron chi connectivity index (χ4n) is 1.05. The lowest BCUT2D eigenvalue weighted by Gasteiger charge is -2.15. The lowest BCUT2D eigenvalue weighted by atomic mass is 10.3. The first-order chi connectivity index (χ1) is 7.15. The number of hydrogen-bond acceptors (Lipinski definition) is 5. The van der Waals surface area contributed by atoms with E-state index in [9.17, 15) is 0 Å². The Labute approximate surface area is 97.6 Å². The van der Waals surface area contributed by atoms with E-state index in [1.807, 2.05) is 13.8 Å². The van der Waals surface area contributed by atoms with Gasteiger partial charge in [-0.2, -0.15) is 0 Å². The molecule has 5 nitrogen and oxygen atoms in total. The van der Waals surface area contributed by atoms with Crippen LogP contribution in [0.2, 0.25) is 0 Å². The van der Waals surface area contributed by atoms with Gasteiger partial charge in [0, 0.05) is 12.6 Å². The molecule has 1 unspecified atom stereocenters. The summed E-state index contributed by atoms with van der Waals surface area (Å²) in [5.41, 5.74) is 5.63. The van der Waals surface area contributed by atoms with Gasteiger partial charge in [-0.05, 0) is 29.8 Å². The number of anilines is 2. The van der Waals surface area contributed by atoms with Gasteiger partial charge < -0.3 is 15.8 Å². The van der Waals surface area contributed by atoms with Crippen molar-refractivity contribution < 1.29 is 4.74 Å². The van der Waals surface area contributed by atoms with Gasteiger partial charge >= 0.3 is 0 Å². The van der Waals surface area contributed by atoms with Gasteiger partial charge in [0.15, 0.2) is 0 Å². The molecule has 0 fully saturated rings. The van der Waals surface area contributed by atoms with E-state index in [4.69, 9.17) is 10.5 Å². The Balaban J connectivity index is 2.60. The molecule has 1 heterocycles. The standard InChI is InChI=1S/C9H15BrN4O/c1-3-15-4-6(2)14-9-7(10)8(11)12-5-13-9/h5-6H,3-4H2,1-2H3,(H3,11,12,13,14). The van der Waals surface area contributed by atoms with Gasteiger partial charge in [-0.15, -0.1) is 0 Å². The van der Waals surface area contributed by atoms with Gasteiger partial charge in [0.05, 0.1) is 6.61 Å². The third-order valence-corrected chi connectivity index (χ3v) is 2.55. The lowest BCUT2D eigenvalue weighted by molar-refractivity contribution is 0.141. The highest BCUT2D eigenvalue weighted by atomic mass is 79.9. The summed E-state index contributed by atoms with van der Waals surface area (Å²) in [6, 6.07) is 0.176. The third-order valence-electron chi connectivity index (χ3n) is 1.77. The number of nitrogens with zero attached hydrogens (tertiary/aromatic N) is 2. The maximum atomic E-state index is 5.63. The van der Waals surface area contributed by atoms with E-state index in [0.717, 1.165) is 0 Å². The van der Waals surface area contributed by atoms with Crippen LogP contribution in [0.4, 0.5) is 11.6 Å². The minimum atomic E-state index is 0.176. The van der Waals surface area contributed by atoms with Crippen LogP contribution < -0.4 is 11.1 Å². The summed E-state index contributed by atoms with van der Waals surface area (Å²) in [6.45, 7) is 5.32. The Morgan fingerprint density at radius 1 is 1.60 bits per heavy atom. The molecule has 0 aromatic carbocycles. The van der Waals surface area contributed by atoms with Crippen LogP contribution in [0.15, 0.2) is 10.8 Å². The maximum absolute atomic E-state index is 5.63. The molecule has 0 saturated carbocycles. The summed E-state index contributed by atoms with van der Waals surface area (Å²) < 4.78 is 5.97. The molecule has 1 rings (SSSR count). The van der Waals surface area contributed by atoms with E-state index in [2.05, 4.69) is 31.2 Å². The number of rotatable bonds is 5. The van der Waals surface area contributed by atoms with Crippen molar-refractivity contribution in [2.24, 2.45) is 0 Å². The van der Waals surface area contributed by atoms with Crippen molar-refractivity contribution in [1.82, 2.24) is 9.97 Å². The molecule has 1 aromatic rings. The highest BCUT2D eigenvalue weighted by Crippen LogP contribution is 2.24. The van der Waals surface area contributed by atoms with Crippen LogP contribution in [0.5, 0.6) is 0 Å².